The Hall–Kier alpha value is -1.86. The molecule has 19 heavy (non-hydrogen) atoms. The molecule has 0 aliphatic rings. The van der Waals surface area contributed by atoms with Gasteiger partial charge in [-0.3, -0.25) is 4.68 Å². The van der Waals surface area contributed by atoms with Gasteiger partial charge in [-0.1, -0.05) is 0 Å². The fourth-order valence-electron chi connectivity index (χ4n) is 1.73. The van der Waals surface area contributed by atoms with E-state index in [-0.39, 0.29) is 11.2 Å². The first-order chi connectivity index (χ1) is 9.06. The fourth-order valence-corrected chi connectivity index (χ4v) is 1.73. The Kier molecular flexibility index (Phi) is 4.18. The number of benzene rings is 1. The molecule has 7 heteroatoms. The van der Waals surface area contributed by atoms with Crippen molar-refractivity contribution in [3.8, 4) is 5.75 Å². The molecule has 0 bridgehead atoms. The topological polar surface area (TPSA) is 67.5 Å². The lowest BCUT2D eigenvalue weighted by atomic mass is 9.79. The van der Waals surface area contributed by atoms with Gasteiger partial charge in [0.25, 0.3) is 0 Å². The molecular formula is C12H14BFN2O3. The van der Waals surface area contributed by atoms with Crippen molar-refractivity contribution in [2.24, 2.45) is 7.05 Å². The monoisotopic (exact) mass is 264 g/mol. The van der Waals surface area contributed by atoms with E-state index in [1.54, 1.807) is 10.9 Å². The molecule has 2 aromatic rings. The van der Waals surface area contributed by atoms with Gasteiger partial charge in [0.1, 0.15) is 11.6 Å². The highest BCUT2D eigenvalue weighted by atomic mass is 19.1. The van der Waals surface area contributed by atoms with E-state index >= 15 is 0 Å². The summed E-state index contributed by atoms with van der Waals surface area (Å²) >= 11 is 0. The molecule has 0 atom stereocenters. The first-order valence-electron chi connectivity index (χ1n) is 5.82. The van der Waals surface area contributed by atoms with Gasteiger partial charge in [-0.15, -0.1) is 0 Å². The predicted molar refractivity (Wildman–Crippen MR) is 68.6 cm³/mol. The Balaban J connectivity index is 1.99. The normalized spacial score (nSPS) is 10.5. The number of halogens is 1. The van der Waals surface area contributed by atoms with Gasteiger partial charge in [0, 0.05) is 25.1 Å². The van der Waals surface area contributed by atoms with Crippen LogP contribution in [0.1, 0.15) is 5.56 Å². The SMILES string of the molecule is Cn1cc(CCOc2ccc(F)cc2B(O)O)cn1. The number of aromatic nitrogens is 2. The lowest BCUT2D eigenvalue weighted by molar-refractivity contribution is 0.321. The minimum Gasteiger partial charge on any atom is -0.494 e. The Bertz CT molecular complexity index is 560. The maximum absolute atomic E-state index is 13.0. The summed E-state index contributed by atoms with van der Waals surface area (Å²) < 4.78 is 20.1. The smallest absolute Gasteiger partial charge is 0.492 e. The van der Waals surface area contributed by atoms with Gasteiger partial charge >= 0.3 is 7.12 Å². The molecule has 0 amide bonds. The van der Waals surface area contributed by atoms with Gasteiger partial charge in [0.2, 0.25) is 0 Å². The molecule has 1 heterocycles. The second-order valence-electron chi connectivity index (χ2n) is 4.18. The van der Waals surface area contributed by atoms with Crippen LogP contribution in [-0.2, 0) is 13.5 Å². The van der Waals surface area contributed by atoms with E-state index in [2.05, 4.69) is 5.10 Å². The van der Waals surface area contributed by atoms with Gasteiger partial charge in [-0.05, 0) is 23.8 Å². The Morgan fingerprint density at radius 3 is 2.84 bits per heavy atom. The first kappa shape index (κ1) is 13.6. The molecule has 0 fully saturated rings. The third-order valence-electron chi connectivity index (χ3n) is 2.66. The van der Waals surface area contributed by atoms with E-state index in [1.165, 1.54) is 12.1 Å². The van der Waals surface area contributed by atoms with E-state index in [0.29, 0.717) is 13.0 Å². The molecule has 1 aromatic carbocycles. The Labute approximate surface area is 110 Å². The van der Waals surface area contributed by atoms with Crippen molar-refractivity contribution in [3.05, 3.63) is 42.0 Å². The molecule has 2 rings (SSSR count). The second kappa shape index (κ2) is 5.86. The lowest BCUT2D eigenvalue weighted by Gasteiger charge is -2.10. The second-order valence-corrected chi connectivity index (χ2v) is 4.18. The van der Waals surface area contributed by atoms with Crippen LogP contribution in [0.5, 0.6) is 5.75 Å². The van der Waals surface area contributed by atoms with Gasteiger partial charge < -0.3 is 14.8 Å². The van der Waals surface area contributed by atoms with Crippen LogP contribution >= 0.6 is 0 Å². The third-order valence-corrected chi connectivity index (χ3v) is 2.66. The molecule has 1 aromatic heterocycles. The number of ether oxygens (including phenoxy) is 1. The van der Waals surface area contributed by atoms with Crippen LogP contribution in [0.4, 0.5) is 4.39 Å². The van der Waals surface area contributed by atoms with E-state index < -0.39 is 12.9 Å². The van der Waals surface area contributed by atoms with Crippen molar-refractivity contribution in [2.75, 3.05) is 6.61 Å². The minimum atomic E-state index is -1.76. The molecule has 100 valence electrons. The van der Waals surface area contributed by atoms with Crippen molar-refractivity contribution >= 4 is 12.6 Å². The van der Waals surface area contributed by atoms with Gasteiger partial charge in [0.05, 0.1) is 12.8 Å². The maximum atomic E-state index is 13.0. The summed E-state index contributed by atoms with van der Waals surface area (Å²) in [6.07, 6.45) is 4.23. The van der Waals surface area contributed by atoms with Crippen molar-refractivity contribution < 1.29 is 19.2 Å². The van der Waals surface area contributed by atoms with Gasteiger partial charge in [-0.25, -0.2) is 4.39 Å². The molecule has 0 aliphatic carbocycles. The van der Waals surface area contributed by atoms with Crippen molar-refractivity contribution in [2.45, 2.75) is 6.42 Å². The van der Waals surface area contributed by atoms with Gasteiger partial charge in [-0.2, -0.15) is 5.10 Å². The highest BCUT2D eigenvalue weighted by Gasteiger charge is 2.18. The molecule has 0 saturated carbocycles. The average molecular weight is 264 g/mol. The summed E-state index contributed by atoms with van der Waals surface area (Å²) in [5.74, 6) is -0.275. The van der Waals surface area contributed by atoms with Crippen molar-refractivity contribution in [1.82, 2.24) is 9.78 Å². The molecule has 0 aliphatic heterocycles. The van der Waals surface area contributed by atoms with Gasteiger partial charge in [0.15, 0.2) is 0 Å². The van der Waals surface area contributed by atoms with Crippen LogP contribution in [-0.4, -0.2) is 33.6 Å². The van der Waals surface area contributed by atoms with E-state index in [4.69, 9.17) is 14.8 Å². The average Bonchev–Trinajstić information content (AvgIpc) is 2.77. The molecule has 0 spiro atoms. The highest BCUT2D eigenvalue weighted by Crippen LogP contribution is 2.10. The molecule has 2 N–H and O–H groups in total. The van der Waals surface area contributed by atoms with Crippen LogP contribution in [0.15, 0.2) is 30.6 Å². The standard InChI is InChI=1S/C12H14BFN2O3/c1-16-8-9(7-15-16)4-5-19-12-3-2-10(14)6-11(12)13(17)18/h2-3,6-8,17-18H,4-5H2,1H3. The van der Waals surface area contributed by atoms with Crippen molar-refractivity contribution in [1.29, 1.82) is 0 Å². The number of hydrogen-bond donors (Lipinski definition) is 2. The Morgan fingerprint density at radius 2 is 2.21 bits per heavy atom. The largest absolute Gasteiger partial charge is 0.494 e. The van der Waals surface area contributed by atoms with E-state index in [9.17, 15) is 4.39 Å². The number of rotatable bonds is 5. The molecule has 0 saturated heterocycles. The van der Waals surface area contributed by atoms with Crippen LogP contribution in [0.25, 0.3) is 0 Å². The summed E-state index contributed by atoms with van der Waals surface area (Å²) in [6, 6.07) is 3.64. The number of hydrogen-bond acceptors (Lipinski definition) is 4. The summed E-state index contributed by atoms with van der Waals surface area (Å²) in [4.78, 5) is 0. The third kappa shape index (κ3) is 3.55. The lowest BCUT2D eigenvalue weighted by Crippen LogP contribution is -2.32. The summed E-state index contributed by atoms with van der Waals surface area (Å²) in [6.45, 7) is 0.344. The molecule has 0 radical (unpaired) electrons. The zero-order valence-corrected chi connectivity index (χ0v) is 10.5. The first-order valence-corrected chi connectivity index (χ1v) is 5.82. The number of nitrogens with zero attached hydrogens (tertiary/aromatic N) is 2. The van der Waals surface area contributed by atoms with E-state index in [0.717, 1.165) is 11.6 Å². The summed E-state index contributed by atoms with van der Waals surface area (Å²) in [5, 5.41) is 22.3. The van der Waals surface area contributed by atoms with Crippen LogP contribution in [0.2, 0.25) is 0 Å². The fraction of sp³-hybridized carbons (Fsp3) is 0.250. The summed E-state index contributed by atoms with van der Waals surface area (Å²) in [7, 11) is 0.0639. The molecule has 5 nitrogen and oxygen atoms in total. The maximum Gasteiger partial charge on any atom is 0.492 e. The zero-order valence-electron chi connectivity index (χ0n) is 10.5. The van der Waals surface area contributed by atoms with Crippen LogP contribution < -0.4 is 10.2 Å². The predicted octanol–water partition coefficient (Wildman–Crippen LogP) is -0.140. The molecular weight excluding hydrogens is 250 g/mol. The highest BCUT2D eigenvalue weighted by molar-refractivity contribution is 6.59. The quantitative estimate of drug-likeness (QED) is 0.738. The molecule has 0 unspecified atom stereocenters. The Morgan fingerprint density at radius 1 is 1.42 bits per heavy atom. The summed E-state index contributed by atoms with van der Waals surface area (Å²) in [5.41, 5.74) is 1.03. The number of aryl methyl sites for hydroxylation is 1. The van der Waals surface area contributed by atoms with Crippen molar-refractivity contribution in [3.63, 3.8) is 0 Å². The van der Waals surface area contributed by atoms with Crippen LogP contribution in [0.3, 0.4) is 0 Å². The van der Waals surface area contributed by atoms with Crippen LogP contribution in [0, 0.1) is 5.82 Å². The van der Waals surface area contributed by atoms with E-state index in [1.807, 2.05) is 13.2 Å². The zero-order chi connectivity index (χ0) is 13.8. The minimum absolute atomic E-state index is 0.0196.